The summed E-state index contributed by atoms with van der Waals surface area (Å²) in [5.41, 5.74) is -0.382. The van der Waals surface area contributed by atoms with E-state index in [-0.39, 0.29) is 17.5 Å². The third kappa shape index (κ3) is 8.22. The van der Waals surface area contributed by atoms with E-state index in [0.29, 0.717) is 5.92 Å². The Hall–Kier alpha value is -0.790. The molecule has 2 nitrogen and oxygen atoms in total. The number of esters is 1. The van der Waals surface area contributed by atoms with Crippen LogP contribution in [0, 0.1) is 11.8 Å². The standard InChI is InChI=1S/C13H24O2/c1-10(2)8-7-9-11(3)12(14)15-13(4,5)6/h7-8,10-11H,9H2,1-6H3/b8-7+. The predicted octanol–water partition coefficient (Wildman–Crippen LogP) is 3.57. The summed E-state index contributed by atoms with van der Waals surface area (Å²) in [6, 6.07) is 0. The van der Waals surface area contributed by atoms with E-state index < -0.39 is 0 Å². The first kappa shape index (κ1) is 14.2. The van der Waals surface area contributed by atoms with Crippen LogP contribution in [-0.4, -0.2) is 11.6 Å². The summed E-state index contributed by atoms with van der Waals surface area (Å²) < 4.78 is 5.28. The van der Waals surface area contributed by atoms with Crippen LogP contribution < -0.4 is 0 Å². The van der Waals surface area contributed by atoms with Crippen LogP contribution in [0.25, 0.3) is 0 Å². The number of ether oxygens (including phenoxy) is 1. The van der Waals surface area contributed by atoms with E-state index in [1.54, 1.807) is 0 Å². The van der Waals surface area contributed by atoms with Crippen LogP contribution in [0.3, 0.4) is 0 Å². The van der Waals surface area contributed by atoms with Crippen molar-refractivity contribution in [3.05, 3.63) is 12.2 Å². The van der Waals surface area contributed by atoms with E-state index in [9.17, 15) is 4.79 Å². The van der Waals surface area contributed by atoms with Gasteiger partial charge in [-0.2, -0.15) is 0 Å². The summed E-state index contributed by atoms with van der Waals surface area (Å²) in [7, 11) is 0. The lowest BCUT2D eigenvalue weighted by molar-refractivity contribution is -0.159. The van der Waals surface area contributed by atoms with Crippen molar-refractivity contribution in [2.45, 2.75) is 53.6 Å². The summed E-state index contributed by atoms with van der Waals surface area (Å²) in [5.74, 6) is 0.367. The molecule has 0 heterocycles. The largest absolute Gasteiger partial charge is 0.460 e. The van der Waals surface area contributed by atoms with Gasteiger partial charge in [0.25, 0.3) is 0 Å². The zero-order valence-corrected chi connectivity index (χ0v) is 10.8. The molecular formula is C13H24O2. The Kier molecular flexibility index (Phi) is 5.63. The Morgan fingerprint density at radius 3 is 2.20 bits per heavy atom. The van der Waals surface area contributed by atoms with Gasteiger partial charge in [0, 0.05) is 0 Å². The monoisotopic (exact) mass is 212 g/mol. The highest BCUT2D eigenvalue weighted by molar-refractivity contribution is 5.72. The minimum atomic E-state index is -0.382. The van der Waals surface area contributed by atoms with Crippen molar-refractivity contribution in [1.82, 2.24) is 0 Å². The van der Waals surface area contributed by atoms with Gasteiger partial charge in [-0.1, -0.05) is 32.9 Å². The minimum Gasteiger partial charge on any atom is -0.460 e. The molecule has 2 heteroatoms. The van der Waals surface area contributed by atoms with Gasteiger partial charge < -0.3 is 4.74 Å². The smallest absolute Gasteiger partial charge is 0.309 e. The molecule has 0 aliphatic heterocycles. The highest BCUT2D eigenvalue weighted by atomic mass is 16.6. The van der Waals surface area contributed by atoms with E-state index >= 15 is 0 Å². The van der Waals surface area contributed by atoms with Gasteiger partial charge >= 0.3 is 5.97 Å². The van der Waals surface area contributed by atoms with Gasteiger partial charge in [-0.15, -0.1) is 0 Å². The number of allylic oxidation sites excluding steroid dienone is 2. The summed E-state index contributed by atoms with van der Waals surface area (Å²) in [4.78, 5) is 11.6. The molecule has 0 bridgehead atoms. The second kappa shape index (κ2) is 5.94. The molecule has 0 saturated carbocycles. The third-order valence-electron chi connectivity index (χ3n) is 1.82. The second-order valence-corrected chi connectivity index (χ2v) is 5.34. The molecule has 0 aromatic heterocycles. The average molecular weight is 212 g/mol. The molecule has 0 rings (SSSR count). The van der Waals surface area contributed by atoms with Crippen molar-refractivity contribution in [2.75, 3.05) is 0 Å². The molecule has 15 heavy (non-hydrogen) atoms. The number of rotatable bonds is 4. The molecule has 0 N–H and O–H groups in total. The summed E-state index contributed by atoms with van der Waals surface area (Å²) in [6.07, 6.45) is 4.92. The molecule has 1 unspecified atom stereocenters. The SMILES string of the molecule is CC(C)/C=C/CC(C)C(=O)OC(C)(C)C. The maximum Gasteiger partial charge on any atom is 0.309 e. The maximum absolute atomic E-state index is 11.6. The van der Waals surface area contributed by atoms with Crippen molar-refractivity contribution < 1.29 is 9.53 Å². The average Bonchev–Trinajstić information content (AvgIpc) is 1.99. The molecule has 0 aromatic carbocycles. The quantitative estimate of drug-likeness (QED) is 0.526. The molecule has 0 amide bonds. The Bertz CT molecular complexity index is 221. The van der Waals surface area contributed by atoms with Crippen molar-refractivity contribution in [3.8, 4) is 0 Å². The van der Waals surface area contributed by atoms with Gasteiger partial charge in [0.2, 0.25) is 0 Å². The summed E-state index contributed by atoms with van der Waals surface area (Å²) in [6.45, 7) is 11.8. The third-order valence-corrected chi connectivity index (χ3v) is 1.82. The van der Waals surface area contributed by atoms with Gasteiger partial charge in [-0.25, -0.2) is 0 Å². The van der Waals surface area contributed by atoms with E-state index in [0.717, 1.165) is 6.42 Å². The summed E-state index contributed by atoms with van der Waals surface area (Å²) in [5, 5.41) is 0. The number of carbonyl (C=O) groups excluding carboxylic acids is 1. The van der Waals surface area contributed by atoms with Crippen LogP contribution in [-0.2, 0) is 9.53 Å². The summed E-state index contributed by atoms with van der Waals surface area (Å²) >= 11 is 0. The van der Waals surface area contributed by atoms with Crippen molar-refractivity contribution in [3.63, 3.8) is 0 Å². The lowest BCUT2D eigenvalue weighted by Gasteiger charge is -2.21. The predicted molar refractivity (Wildman–Crippen MR) is 63.6 cm³/mol. The normalized spacial score (nSPS) is 14.6. The Morgan fingerprint density at radius 2 is 1.80 bits per heavy atom. The molecule has 0 aromatic rings. The molecule has 0 radical (unpaired) electrons. The van der Waals surface area contributed by atoms with E-state index in [4.69, 9.17) is 4.74 Å². The number of hydrogen-bond donors (Lipinski definition) is 0. The first-order valence-corrected chi connectivity index (χ1v) is 5.62. The zero-order valence-electron chi connectivity index (χ0n) is 10.8. The van der Waals surface area contributed by atoms with Crippen LogP contribution in [0.2, 0.25) is 0 Å². The van der Waals surface area contributed by atoms with E-state index in [1.165, 1.54) is 0 Å². The highest BCUT2D eigenvalue weighted by Gasteiger charge is 2.20. The minimum absolute atomic E-state index is 0.0563. The Morgan fingerprint density at radius 1 is 1.27 bits per heavy atom. The van der Waals surface area contributed by atoms with Crippen molar-refractivity contribution in [2.24, 2.45) is 11.8 Å². The van der Waals surface area contributed by atoms with Gasteiger partial charge in [0.15, 0.2) is 0 Å². The van der Waals surface area contributed by atoms with E-state index in [2.05, 4.69) is 26.0 Å². The van der Waals surface area contributed by atoms with Gasteiger partial charge in [-0.05, 0) is 33.1 Å². The van der Waals surface area contributed by atoms with Crippen LogP contribution in [0.1, 0.15) is 48.0 Å². The molecule has 0 aliphatic carbocycles. The number of carbonyl (C=O) groups is 1. The first-order valence-electron chi connectivity index (χ1n) is 5.62. The van der Waals surface area contributed by atoms with Crippen molar-refractivity contribution in [1.29, 1.82) is 0 Å². The van der Waals surface area contributed by atoms with Crippen LogP contribution >= 0.6 is 0 Å². The zero-order chi connectivity index (χ0) is 12.1. The van der Waals surface area contributed by atoms with Gasteiger partial charge in [0.1, 0.15) is 5.60 Å². The van der Waals surface area contributed by atoms with Crippen LogP contribution in [0.4, 0.5) is 0 Å². The van der Waals surface area contributed by atoms with Crippen LogP contribution in [0.15, 0.2) is 12.2 Å². The fourth-order valence-electron chi connectivity index (χ4n) is 1.05. The fraction of sp³-hybridized carbons (Fsp3) is 0.769. The fourth-order valence-corrected chi connectivity index (χ4v) is 1.05. The van der Waals surface area contributed by atoms with Crippen molar-refractivity contribution >= 4 is 5.97 Å². The van der Waals surface area contributed by atoms with Gasteiger partial charge in [0.05, 0.1) is 5.92 Å². The molecular weight excluding hydrogens is 188 g/mol. The lowest BCUT2D eigenvalue weighted by Crippen LogP contribution is -2.27. The van der Waals surface area contributed by atoms with Gasteiger partial charge in [-0.3, -0.25) is 4.79 Å². The Labute approximate surface area is 93.7 Å². The number of hydrogen-bond acceptors (Lipinski definition) is 2. The molecule has 0 aliphatic rings. The molecule has 0 saturated heterocycles. The molecule has 88 valence electrons. The lowest BCUT2D eigenvalue weighted by atomic mass is 10.1. The first-order chi connectivity index (χ1) is 6.72. The second-order valence-electron chi connectivity index (χ2n) is 5.34. The molecule has 0 fully saturated rings. The highest BCUT2D eigenvalue weighted by Crippen LogP contribution is 2.14. The topological polar surface area (TPSA) is 26.3 Å². The Balaban J connectivity index is 4.00. The van der Waals surface area contributed by atoms with Crippen LogP contribution in [0.5, 0.6) is 0 Å². The molecule has 1 atom stereocenters. The van der Waals surface area contributed by atoms with E-state index in [1.807, 2.05) is 27.7 Å². The maximum atomic E-state index is 11.6. The molecule has 0 spiro atoms.